The second-order valence-electron chi connectivity index (χ2n) is 1.71. The summed E-state index contributed by atoms with van der Waals surface area (Å²) in [5.74, 6) is 0. The minimum Gasteiger partial charge on any atom is -0.347 e. The molecule has 6 nitrogen and oxygen atoms in total. The number of nitro groups is 1. The van der Waals surface area contributed by atoms with Gasteiger partial charge in [0.25, 0.3) is 6.23 Å². The molecular weight excluding hydrogens is 138 g/mol. The molecule has 0 aliphatic carbocycles. The lowest BCUT2D eigenvalue weighted by molar-refractivity contribution is -0.586. The molecule has 0 spiro atoms. The van der Waals surface area contributed by atoms with Crippen LogP contribution in [0.25, 0.3) is 0 Å². The van der Waals surface area contributed by atoms with Crippen molar-refractivity contribution in [3.63, 3.8) is 0 Å². The molecular formula is C4H6N3O3+. The molecule has 0 aromatic carbocycles. The van der Waals surface area contributed by atoms with Crippen LogP contribution >= 0.6 is 0 Å². The monoisotopic (exact) mass is 144 g/mol. The maximum Gasteiger partial charge on any atom is 0.356 e. The molecule has 1 unspecified atom stereocenters. The Morgan fingerprint density at radius 2 is 2.60 bits per heavy atom. The molecule has 0 radical (unpaired) electrons. The van der Waals surface area contributed by atoms with E-state index in [9.17, 15) is 10.1 Å². The number of rotatable bonds is 1. The van der Waals surface area contributed by atoms with Gasteiger partial charge in [-0.15, -0.1) is 0 Å². The van der Waals surface area contributed by atoms with E-state index >= 15 is 0 Å². The average Bonchev–Trinajstić information content (AvgIpc) is 1.88. The molecule has 0 fully saturated rings. The number of aliphatic hydroxyl groups excluding tert-OH is 1. The Hall–Kier alpha value is -1.43. The van der Waals surface area contributed by atoms with E-state index < -0.39 is 11.2 Å². The average molecular weight is 144 g/mol. The first-order valence-corrected chi connectivity index (χ1v) is 2.58. The zero-order chi connectivity index (χ0) is 7.56. The summed E-state index contributed by atoms with van der Waals surface area (Å²) in [6, 6.07) is 0. The van der Waals surface area contributed by atoms with E-state index in [1.54, 1.807) is 0 Å². The zero-order valence-electron chi connectivity index (χ0n) is 4.94. The van der Waals surface area contributed by atoms with Crippen LogP contribution in [0.15, 0.2) is 11.9 Å². The molecule has 0 saturated carbocycles. The van der Waals surface area contributed by atoms with Gasteiger partial charge in [-0.3, -0.25) is 10.1 Å². The van der Waals surface area contributed by atoms with Crippen molar-refractivity contribution < 1.29 is 15.0 Å². The maximum absolute atomic E-state index is 10.0. The lowest BCUT2D eigenvalue weighted by atomic mass is 10.4. The topological polar surface area (TPSA) is 89.4 Å². The van der Waals surface area contributed by atoms with Crippen LogP contribution in [0, 0.1) is 10.1 Å². The highest BCUT2D eigenvalue weighted by molar-refractivity contribution is 5.49. The highest BCUT2D eigenvalue weighted by Crippen LogP contribution is 1.94. The first-order chi connectivity index (χ1) is 4.72. The Kier molecular flexibility index (Phi) is 1.63. The molecule has 1 rings (SSSR count). The van der Waals surface area contributed by atoms with E-state index in [1.165, 1.54) is 6.34 Å². The van der Waals surface area contributed by atoms with Crippen molar-refractivity contribution in [2.75, 3.05) is 0 Å². The normalized spacial score (nSPS) is 23.3. The molecule has 10 heavy (non-hydrogen) atoms. The number of aliphatic hydroxyl groups is 1. The highest BCUT2D eigenvalue weighted by Gasteiger charge is 2.26. The van der Waals surface area contributed by atoms with Gasteiger partial charge in [-0.1, -0.05) is 0 Å². The first-order valence-electron chi connectivity index (χ1n) is 2.58. The minimum absolute atomic E-state index is 0.289. The van der Waals surface area contributed by atoms with E-state index in [0.717, 1.165) is 6.20 Å². The fourth-order valence-corrected chi connectivity index (χ4v) is 0.571. The quantitative estimate of drug-likeness (QED) is 0.272. The van der Waals surface area contributed by atoms with Gasteiger partial charge in [0, 0.05) is 0 Å². The van der Waals surface area contributed by atoms with E-state index in [4.69, 9.17) is 5.11 Å². The van der Waals surface area contributed by atoms with Gasteiger partial charge in [0.05, 0.1) is 4.92 Å². The van der Waals surface area contributed by atoms with Gasteiger partial charge in [0.1, 0.15) is 0 Å². The Morgan fingerprint density at radius 3 is 3.00 bits per heavy atom. The molecule has 0 amide bonds. The van der Waals surface area contributed by atoms with Crippen molar-refractivity contribution >= 4 is 6.34 Å². The van der Waals surface area contributed by atoms with Gasteiger partial charge >= 0.3 is 5.70 Å². The number of nitrogens with one attached hydrogen (secondary N) is 2. The molecule has 1 aliphatic rings. The third-order valence-electron chi connectivity index (χ3n) is 1.05. The molecule has 54 valence electrons. The Balaban J connectivity index is 2.76. The van der Waals surface area contributed by atoms with E-state index in [0.29, 0.717) is 0 Å². The van der Waals surface area contributed by atoms with Gasteiger partial charge in [-0.05, 0) is 0 Å². The summed E-state index contributed by atoms with van der Waals surface area (Å²) < 4.78 is 0. The Labute approximate surface area is 56.0 Å². The molecule has 1 atom stereocenters. The van der Waals surface area contributed by atoms with Gasteiger partial charge in [-0.2, -0.15) is 0 Å². The van der Waals surface area contributed by atoms with Crippen molar-refractivity contribution in [1.29, 1.82) is 0 Å². The van der Waals surface area contributed by atoms with Crippen LogP contribution in [0.3, 0.4) is 0 Å². The molecule has 0 saturated heterocycles. The van der Waals surface area contributed by atoms with Crippen molar-refractivity contribution in [2.45, 2.75) is 6.23 Å². The summed E-state index contributed by atoms with van der Waals surface area (Å²) in [6.07, 6.45) is 1.23. The molecule has 1 heterocycles. The first kappa shape index (κ1) is 6.69. The number of nitrogens with zero attached hydrogens (tertiary/aromatic N) is 1. The second kappa shape index (κ2) is 2.44. The Bertz CT molecular complexity index is 210. The molecule has 6 heteroatoms. The summed E-state index contributed by atoms with van der Waals surface area (Å²) in [6.45, 7) is 0. The van der Waals surface area contributed by atoms with Crippen LogP contribution in [0.2, 0.25) is 0 Å². The van der Waals surface area contributed by atoms with Crippen molar-refractivity contribution in [3.05, 3.63) is 22.0 Å². The van der Waals surface area contributed by atoms with Gasteiger partial charge in [-0.25, -0.2) is 10.3 Å². The zero-order valence-corrected chi connectivity index (χ0v) is 4.94. The molecule has 1 aliphatic heterocycles. The molecule has 0 aromatic rings. The van der Waals surface area contributed by atoms with E-state index in [-0.39, 0.29) is 5.70 Å². The number of hydrogen-bond acceptors (Lipinski definition) is 4. The predicted octanol–water partition coefficient (Wildman–Crippen LogP) is -2.86. The van der Waals surface area contributed by atoms with Crippen LogP contribution in [0.4, 0.5) is 0 Å². The number of hydrogen-bond donors (Lipinski definition) is 3. The smallest absolute Gasteiger partial charge is 0.347 e. The maximum atomic E-state index is 10.0. The van der Waals surface area contributed by atoms with Gasteiger partial charge in [0.15, 0.2) is 6.20 Å². The van der Waals surface area contributed by atoms with Crippen molar-refractivity contribution in [3.8, 4) is 0 Å². The SMILES string of the molecule is O=[N+]([O-])C1=CNC=[NH+]C1O. The summed E-state index contributed by atoms with van der Waals surface area (Å²) in [5, 5.41) is 21.3. The molecule has 0 bridgehead atoms. The predicted molar refractivity (Wildman–Crippen MR) is 31.2 cm³/mol. The second-order valence-corrected chi connectivity index (χ2v) is 1.71. The van der Waals surface area contributed by atoms with Gasteiger partial charge < -0.3 is 5.11 Å². The van der Waals surface area contributed by atoms with Gasteiger partial charge in [0.2, 0.25) is 6.34 Å². The van der Waals surface area contributed by atoms with Crippen LogP contribution in [0.5, 0.6) is 0 Å². The lowest BCUT2D eigenvalue weighted by Gasteiger charge is -2.01. The van der Waals surface area contributed by atoms with Crippen molar-refractivity contribution in [1.82, 2.24) is 5.32 Å². The fraction of sp³-hybridized carbons (Fsp3) is 0.250. The highest BCUT2D eigenvalue weighted by atomic mass is 16.6. The van der Waals surface area contributed by atoms with Crippen LogP contribution in [0.1, 0.15) is 0 Å². The molecule has 3 N–H and O–H groups in total. The minimum atomic E-state index is -1.21. The van der Waals surface area contributed by atoms with E-state index in [2.05, 4.69) is 10.3 Å². The Morgan fingerprint density at radius 1 is 1.90 bits per heavy atom. The third kappa shape index (κ3) is 1.11. The van der Waals surface area contributed by atoms with Crippen LogP contribution in [-0.2, 0) is 0 Å². The summed E-state index contributed by atoms with van der Waals surface area (Å²) >= 11 is 0. The van der Waals surface area contributed by atoms with E-state index in [1.807, 2.05) is 0 Å². The van der Waals surface area contributed by atoms with Crippen LogP contribution < -0.4 is 10.3 Å². The summed E-state index contributed by atoms with van der Waals surface area (Å²) in [4.78, 5) is 11.7. The lowest BCUT2D eigenvalue weighted by Crippen LogP contribution is -2.80. The van der Waals surface area contributed by atoms with Crippen molar-refractivity contribution in [2.24, 2.45) is 0 Å². The summed E-state index contributed by atoms with van der Waals surface area (Å²) in [5.41, 5.74) is -0.289. The summed E-state index contributed by atoms with van der Waals surface area (Å²) in [7, 11) is 0. The molecule has 0 aromatic heterocycles. The largest absolute Gasteiger partial charge is 0.356 e. The third-order valence-corrected chi connectivity index (χ3v) is 1.05. The van der Waals surface area contributed by atoms with Crippen LogP contribution in [-0.4, -0.2) is 22.6 Å². The standard InChI is InChI=1S/C4H5N3O3/c8-4-3(7(9)10)1-5-2-6-4/h1-2,4,8H,(H,5,6)/p+1. The fourth-order valence-electron chi connectivity index (χ4n) is 0.571.